The van der Waals surface area contributed by atoms with Crippen molar-refractivity contribution in [3.8, 4) is 0 Å². The highest BCUT2D eigenvalue weighted by atomic mass is 14.6. The average Bonchev–Trinajstić information content (AvgIpc) is 2.83. The molecule has 4 rings (SSSR count). The SMILES string of the molecule is C1=C2CC(C1)C1C3CCC(C3)C21. The van der Waals surface area contributed by atoms with E-state index in [2.05, 4.69) is 6.08 Å². The number of hydrogen-bond acceptors (Lipinski definition) is 0. The summed E-state index contributed by atoms with van der Waals surface area (Å²) in [5.41, 5.74) is 1.89. The molecular weight excluding hydrogens is 144 g/mol. The molecule has 5 unspecified atom stereocenters. The second kappa shape index (κ2) is 1.81. The van der Waals surface area contributed by atoms with Gasteiger partial charge in [0.1, 0.15) is 0 Å². The molecule has 4 bridgehead atoms. The van der Waals surface area contributed by atoms with Gasteiger partial charge in [-0.3, -0.25) is 0 Å². The quantitative estimate of drug-likeness (QED) is 0.377. The molecule has 3 fully saturated rings. The first-order valence-corrected chi connectivity index (χ1v) is 5.62. The van der Waals surface area contributed by atoms with Gasteiger partial charge in [0.2, 0.25) is 0 Å². The summed E-state index contributed by atoms with van der Waals surface area (Å²) in [7, 11) is 0. The first-order valence-electron chi connectivity index (χ1n) is 5.62. The Morgan fingerprint density at radius 2 is 2.00 bits per heavy atom. The Labute approximate surface area is 74.0 Å². The normalized spacial score (nSPS) is 59.3. The van der Waals surface area contributed by atoms with Gasteiger partial charge in [0, 0.05) is 0 Å². The number of rotatable bonds is 0. The van der Waals surface area contributed by atoms with E-state index in [9.17, 15) is 0 Å². The lowest BCUT2D eigenvalue weighted by molar-refractivity contribution is 0.215. The molecular formula is C12H16. The monoisotopic (exact) mass is 160 g/mol. The fourth-order valence-electron chi connectivity index (χ4n) is 4.90. The van der Waals surface area contributed by atoms with Crippen molar-refractivity contribution >= 4 is 0 Å². The molecule has 5 atom stereocenters. The summed E-state index contributed by atoms with van der Waals surface area (Å²) < 4.78 is 0. The highest BCUT2D eigenvalue weighted by Crippen LogP contribution is 2.65. The van der Waals surface area contributed by atoms with E-state index >= 15 is 0 Å². The van der Waals surface area contributed by atoms with Crippen LogP contribution in [0.5, 0.6) is 0 Å². The van der Waals surface area contributed by atoms with Crippen LogP contribution in [0.2, 0.25) is 0 Å². The average molecular weight is 160 g/mol. The molecule has 0 aliphatic heterocycles. The Hall–Kier alpha value is -0.260. The summed E-state index contributed by atoms with van der Waals surface area (Å²) in [6, 6.07) is 0. The molecule has 0 saturated heterocycles. The first kappa shape index (κ1) is 6.23. The van der Waals surface area contributed by atoms with Crippen LogP contribution in [0.4, 0.5) is 0 Å². The Bertz CT molecular complexity index is 263. The molecule has 4 aliphatic rings. The minimum absolute atomic E-state index is 1.10. The summed E-state index contributed by atoms with van der Waals surface area (Å²) >= 11 is 0. The van der Waals surface area contributed by atoms with Gasteiger partial charge in [0.15, 0.2) is 0 Å². The molecule has 0 radical (unpaired) electrons. The van der Waals surface area contributed by atoms with Gasteiger partial charge in [0.25, 0.3) is 0 Å². The number of allylic oxidation sites excluding steroid dienone is 2. The van der Waals surface area contributed by atoms with E-state index in [1.54, 1.807) is 19.3 Å². The zero-order valence-electron chi connectivity index (χ0n) is 7.50. The lowest BCUT2D eigenvalue weighted by Gasteiger charge is -2.31. The number of hydrogen-bond donors (Lipinski definition) is 0. The van der Waals surface area contributed by atoms with Gasteiger partial charge in [-0.05, 0) is 61.7 Å². The van der Waals surface area contributed by atoms with Gasteiger partial charge in [-0.25, -0.2) is 0 Å². The number of fused-ring (bicyclic) bond motifs is 9. The third kappa shape index (κ3) is 0.522. The van der Waals surface area contributed by atoms with Gasteiger partial charge in [-0.1, -0.05) is 11.6 Å². The molecule has 0 spiro atoms. The van der Waals surface area contributed by atoms with E-state index in [0.717, 1.165) is 23.7 Å². The van der Waals surface area contributed by atoms with E-state index in [0.29, 0.717) is 0 Å². The van der Waals surface area contributed by atoms with Crippen molar-refractivity contribution in [3.63, 3.8) is 0 Å². The molecule has 12 heavy (non-hydrogen) atoms. The van der Waals surface area contributed by atoms with Crippen molar-refractivity contribution in [2.45, 2.75) is 32.1 Å². The molecule has 0 aromatic rings. The van der Waals surface area contributed by atoms with Crippen LogP contribution in [-0.2, 0) is 0 Å². The van der Waals surface area contributed by atoms with Crippen molar-refractivity contribution < 1.29 is 0 Å². The molecule has 0 nitrogen and oxygen atoms in total. The maximum atomic E-state index is 2.58. The van der Waals surface area contributed by atoms with Crippen molar-refractivity contribution in [1.29, 1.82) is 0 Å². The van der Waals surface area contributed by atoms with E-state index in [-0.39, 0.29) is 0 Å². The maximum absolute atomic E-state index is 2.58. The van der Waals surface area contributed by atoms with E-state index < -0.39 is 0 Å². The van der Waals surface area contributed by atoms with Crippen molar-refractivity contribution in [2.75, 3.05) is 0 Å². The van der Waals surface area contributed by atoms with Crippen molar-refractivity contribution in [3.05, 3.63) is 11.6 Å². The Balaban J connectivity index is 1.84. The predicted molar refractivity (Wildman–Crippen MR) is 48.6 cm³/mol. The lowest BCUT2D eigenvalue weighted by atomic mass is 9.74. The van der Waals surface area contributed by atoms with Gasteiger partial charge in [0.05, 0.1) is 0 Å². The van der Waals surface area contributed by atoms with Crippen LogP contribution >= 0.6 is 0 Å². The molecule has 3 saturated carbocycles. The third-order valence-electron chi connectivity index (χ3n) is 5.13. The summed E-state index contributed by atoms with van der Waals surface area (Å²) in [6.45, 7) is 0. The van der Waals surface area contributed by atoms with Crippen LogP contribution in [0.3, 0.4) is 0 Å². The highest BCUT2D eigenvalue weighted by Gasteiger charge is 2.56. The zero-order chi connectivity index (χ0) is 7.71. The predicted octanol–water partition coefficient (Wildman–Crippen LogP) is 3.00. The molecule has 0 heterocycles. The highest BCUT2D eigenvalue weighted by molar-refractivity contribution is 5.27. The Morgan fingerprint density at radius 1 is 1.08 bits per heavy atom. The fourth-order valence-corrected chi connectivity index (χ4v) is 4.90. The van der Waals surface area contributed by atoms with Crippen LogP contribution in [0.1, 0.15) is 32.1 Å². The van der Waals surface area contributed by atoms with Crippen LogP contribution in [0, 0.1) is 29.6 Å². The Kier molecular flexibility index (Phi) is 0.939. The van der Waals surface area contributed by atoms with E-state index in [1.807, 2.05) is 5.57 Å². The van der Waals surface area contributed by atoms with E-state index in [4.69, 9.17) is 0 Å². The van der Waals surface area contributed by atoms with Crippen LogP contribution < -0.4 is 0 Å². The molecule has 0 amide bonds. The second-order valence-electron chi connectivity index (χ2n) is 5.42. The third-order valence-corrected chi connectivity index (χ3v) is 5.13. The molecule has 0 aromatic carbocycles. The van der Waals surface area contributed by atoms with Gasteiger partial charge >= 0.3 is 0 Å². The standard InChI is InChI=1S/C12H16/c1-2-8-5-7(1)11-9-3-4-10(6-9)12(8)11/h1,8-12H,2-6H2. The second-order valence-corrected chi connectivity index (χ2v) is 5.42. The Morgan fingerprint density at radius 3 is 2.92 bits per heavy atom. The van der Waals surface area contributed by atoms with Gasteiger partial charge < -0.3 is 0 Å². The lowest BCUT2D eigenvalue weighted by Crippen LogP contribution is -2.24. The van der Waals surface area contributed by atoms with Crippen LogP contribution in [0.25, 0.3) is 0 Å². The maximum Gasteiger partial charge on any atom is -0.0141 e. The smallest absolute Gasteiger partial charge is 0.0141 e. The van der Waals surface area contributed by atoms with Crippen LogP contribution in [-0.4, -0.2) is 0 Å². The minimum Gasteiger partial charge on any atom is -0.0847 e. The van der Waals surface area contributed by atoms with Crippen molar-refractivity contribution in [1.82, 2.24) is 0 Å². The zero-order valence-corrected chi connectivity index (χ0v) is 7.50. The minimum atomic E-state index is 1.10. The molecule has 0 heteroatoms. The topological polar surface area (TPSA) is 0 Å². The largest absolute Gasteiger partial charge is 0.0847 e. The summed E-state index contributed by atoms with van der Waals surface area (Å²) in [6.07, 6.45) is 10.3. The van der Waals surface area contributed by atoms with Crippen LogP contribution in [0.15, 0.2) is 11.6 Å². The summed E-state index contributed by atoms with van der Waals surface area (Å²) in [5, 5.41) is 0. The van der Waals surface area contributed by atoms with Gasteiger partial charge in [-0.2, -0.15) is 0 Å². The molecule has 0 aromatic heterocycles. The molecule has 64 valence electrons. The van der Waals surface area contributed by atoms with E-state index in [1.165, 1.54) is 18.8 Å². The molecule has 4 aliphatic carbocycles. The summed E-state index contributed by atoms with van der Waals surface area (Å²) in [5.74, 6) is 5.68. The van der Waals surface area contributed by atoms with Gasteiger partial charge in [-0.15, -0.1) is 0 Å². The van der Waals surface area contributed by atoms with Crippen molar-refractivity contribution in [2.24, 2.45) is 29.6 Å². The fraction of sp³-hybridized carbons (Fsp3) is 0.833. The summed E-state index contributed by atoms with van der Waals surface area (Å²) in [4.78, 5) is 0. The molecule has 0 N–H and O–H groups in total. The first-order chi connectivity index (χ1) is 5.93.